The molecule has 1 aromatic rings. The highest BCUT2D eigenvalue weighted by Crippen LogP contribution is 2.11. The van der Waals surface area contributed by atoms with Crippen molar-refractivity contribution in [2.24, 2.45) is 0 Å². The molecule has 0 unspecified atom stereocenters. The van der Waals surface area contributed by atoms with E-state index in [0.717, 1.165) is 0 Å². The number of carbonyl (C=O) groups excluding carboxylic acids is 1. The normalized spacial score (nSPS) is 16.1. The van der Waals surface area contributed by atoms with Crippen LogP contribution in [0, 0.1) is 6.08 Å². The first-order valence-electron chi connectivity index (χ1n) is 3.81. The van der Waals surface area contributed by atoms with Crippen molar-refractivity contribution in [2.75, 3.05) is 18.0 Å². The second kappa shape index (κ2) is 2.96. The second-order valence-corrected chi connectivity index (χ2v) is 2.57. The molecule has 13 heavy (non-hydrogen) atoms. The molecule has 5 nitrogen and oxygen atoms in total. The molecule has 1 fully saturated rings. The molecule has 0 bridgehead atoms. The van der Waals surface area contributed by atoms with Gasteiger partial charge in [-0.15, -0.1) is 0 Å². The fraction of sp³-hybridized carbons (Fsp3) is 0.286. The molecule has 68 valence electrons. The van der Waals surface area contributed by atoms with Crippen LogP contribution in [-0.2, 0) is 0 Å². The third-order valence-electron chi connectivity index (χ3n) is 1.74. The lowest BCUT2D eigenvalue weighted by atomic mass is 10.5. The Bertz CT molecular complexity index is 343. The van der Waals surface area contributed by atoms with Crippen molar-refractivity contribution in [3.63, 3.8) is 0 Å². The Labute approximate surface area is 73.6 Å². The Morgan fingerprint density at radius 1 is 1.62 bits per heavy atom. The molecule has 0 spiro atoms. The summed E-state index contributed by atoms with van der Waals surface area (Å²) in [5, 5.41) is 2.59. The van der Waals surface area contributed by atoms with Gasteiger partial charge in [-0.1, -0.05) is 0 Å². The van der Waals surface area contributed by atoms with Crippen LogP contribution in [0.5, 0.6) is 0 Å². The number of carbonyl (C=O) groups is 1. The molecule has 0 saturated carbocycles. The van der Waals surface area contributed by atoms with Gasteiger partial charge in [-0.05, 0) is 6.07 Å². The van der Waals surface area contributed by atoms with Crippen LogP contribution in [0.2, 0.25) is 0 Å². The molecule has 0 aromatic carbocycles. The highest BCUT2D eigenvalue weighted by atomic mass is 19.1. The zero-order chi connectivity index (χ0) is 9.26. The highest BCUT2D eigenvalue weighted by molar-refractivity contribution is 5.92. The van der Waals surface area contributed by atoms with Crippen molar-refractivity contribution in [1.82, 2.24) is 15.3 Å². The summed E-state index contributed by atoms with van der Waals surface area (Å²) in [7, 11) is 0. The number of hydrogen-bond acceptors (Lipinski definition) is 3. The van der Waals surface area contributed by atoms with Gasteiger partial charge in [-0.25, -0.2) is 9.78 Å². The number of aromatic nitrogens is 2. The van der Waals surface area contributed by atoms with E-state index < -0.39 is 6.08 Å². The smallest absolute Gasteiger partial charge is 0.323 e. The molecule has 2 rings (SSSR count). The second-order valence-electron chi connectivity index (χ2n) is 2.57. The number of nitrogens with zero attached hydrogens (tertiary/aromatic N) is 3. The summed E-state index contributed by atoms with van der Waals surface area (Å²) in [6, 6.07) is 1.24. The van der Waals surface area contributed by atoms with Gasteiger partial charge >= 0.3 is 12.1 Å². The molecule has 1 aromatic heterocycles. The summed E-state index contributed by atoms with van der Waals surface area (Å²) >= 11 is 0. The average molecular weight is 182 g/mol. The highest BCUT2D eigenvalue weighted by Gasteiger charge is 2.22. The van der Waals surface area contributed by atoms with Gasteiger partial charge in [0.05, 0.1) is 0 Å². The lowest BCUT2D eigenvalue weighted by Crippen LogP contribution is -2.28. The standard InChI is InChI=1S/C7H7FN4O/c8-6-9-2-1-5(11-6)12-4-3-10-7(12)13/h1-2H,3-4H2,(H,10,13). The summed E-state index contributed by atoms with van der Waals surface area (Å²) in [4.78, 5) is 19.3. The van der Waals surface area contributed by atoms with E-state index in [-0.39, 0.29) is 6.03 Å². The van der Waals surface area contributed by atoms with Crippen LogP contribution in [-0.4, -0.2) is 29.1 Å². The van der Waals surface area contributed by atoms with Gasteiger partial charge in [0.15, 0.2) is 0 Å². The number of nitrogens with one attached hydrogen (secondary N) is 1. The predicted molar refractivity (Wildman–Crippen MR) is 42.7 cm³/mol. The van der Waals surface area contributed by atoms with Crippen LogP contribution < -0.4 is 10.2 Å². The van der Waals surface area contributed by atoms with E-state index in [1.165, 1.54) is 17.2 Å². The minimum Gasteiger partial charge on any atom is -0.336 e. The maximum absolute atomic E-state index is 12.6. The first-order chi connectivity index (χ1) is 6.27. The molecule has 2 amide bonds. The number of anilines is 1. The van der Waals surface area contributed by atoms with Gasteiger partial charge in [-0.2, -0.15) is 9.37 Å². The first kappa shape index (κ1) is 7.90. The Balaban J connectivity index is 2.29. The number of amides is 2. The van der Waals surface area contributed by atoms with Crippen molar-refractivity contribution < 1.29 is 9.18 Å². The Morgan fingerprint density at radius 2 is 2.46 bits per heavy atom. The van der Waals surface area contributed by atoms with E-state index in [9.17, 15) is 9.18 Å². The summed E-state index contributed by atoms with van der Waals surface area (Å²) < 4.78 is 12.6. The predicted octanol–water partition coefficient (Wildman–Crippen LogP) is 0.145. The molecule has 1 aliphatic rings. The van der Waals surface area contributed by atoms with Gasteiger partial charge in [0, 0.05) is 19.3 Å². The number of urea groups is 1. The SMILES string of the molecule is O=C1NCCN1c1ccnc(F)n1. The van der Waals surface area contributed by atoms with E-state index in [4.69, 9.17) is 0 Å². The van der Waals surface area contributed by atoms with Crippen LogP contribution in [0.25, 0.3) is 0 Å². The van der Waals surface area contributed by atoms with E-state index in [1.54, 1.807) is 0 Å². The Kier molecular flexibility index (Phi) is 1.80. The largest absolute Gasteiger partial charge is 0.336 e. The van der Waals surface area contributed by atoms with Crippen molar-refractivity contribution in [1.29, 1.82) is 0 Å². The maximum Gasteiger partial charge on any atom is 0.323 e. The average Bonchev–Trinajstić information content (AvgIpc) is 2.51. The van der Waals surface area contributed by atoms with Gasteiger partial charge in [0.1, 0.15) is 5.82 Å². The summed E-state index contributed by atoms with van der Waals surface area (Å²) in [6.07, 6.45) is 0.459. The van der Waals surface area contributed by atoms with Gasteiger partial charge in [0.25, 0.3) is 0 Å². The van der Waals surface area contributed by atoms with Gasteiger partial charge < -0.3 is 5.32 Å². The molecule has 1 aliphatic heterocycles. The fourth-order valence-corrected chi connectivity index (χ4v) is 1.17. The number of halogens is 1. The molecular weight excluding hydrogens is 175 g/mol. The van der Waals surface area contributed by atoms with Crippen LogP contribution in [0.1, 0.15) is 0 Å². The molecule has 1 saturated heterocycles. The Hall–Kier alpha value is -1.72. The Morgan fingerprint density at radius 3 is 3.08 bits per heavy atom. The minimum atomic E-state index is -0.822. The van der Waals surface area contributed by atoms with E-state index >= 15 is 0 Å². The zero-order valence-corrected chi connectivity index (χ0v) is 6.70. The third kappa shape index (κ3) is 1.42. The lowest BCUT2D eigenvalue weighted by Gasteiger charge is -2.11. The molecule has 0 radical (unpaired) electrons. The molecule has 2 heterocycles. The van der Waals surface area contributed by atoms with Crippen LogP contribution in [0.4, 0.5) is 15.0 Å². The van der Waals surface area contributed by atoms with Gasteiger partial charge in [0.2, 0.25) is 0 Å². The van der Waals surface area contributed by atoms with E-state index in [1.807, 2.05) is 0 Å². The van der Waals surface area contributed by atoms with E-state index in [0.29, 0.717) is 18.9 Å². The first-order valence-corrected chi connectivity index (χ1v) is 3.81. The van der Waals surface area contributed by atoms with Crippen molar-refractivity contribution in [3.8, 4) is 0 Å². The molecular formula is C7H7FN4O. The van der Waals surface area contributed by atoms with E-state index in [2.05, 4.69) is 15.3 Å². The maximum atomic E-state index is 12.6. The van der Waals surface area contributed by atoms with Gasteiger partial charge in [-0.3, -0.25) is 4.90 Å². The van der Waals surface area contributed by atoms with Crippen molar-refractivity contribution >= 4 is 11.8 Å². The molecule has 6 heteroatoms. The number of hydrogen-bond donors (Lipinski definition) is 1. The van der Waals surface area contributed by atoms with Crippen molar-refractivity contribution in [2.45, 2.75) is 0 Å². The fourth-order valence-electron chi connectivity index (χ4n) is 1.17. The monoisotopic (exact) mass is 182 g/mol. The zero-order valence-electron chi connectivity index (χ0n) is 6.70. The quantitative estimate of drug-likeness (QED) is 0.629. The van der Waals surface area contributed by atoms with Crippen LogP contribution in [0.3, 0.4) is 0 Å². The van der Waals surface area contributed by atoms with Crippen LogP contribution >= 0.6 is 0 Å². The topological polar surface area (TPSA) is 58.1 Å². The summed E-state index contributed by atoms with van der Waals surface area (Å²) in [5.74, 6) is 0.294. The third-order valence-corrected chi connectivity index (χ3v) is 1.74. The molecule has 0 aliphatic carbocycles. The molecule has 1 N–H and O–H groups in total. The molecule has 0 atom stereocenters. The van der Waals surface area contributed by atoms with Crippen molar-refractivity contribution in [3.05, 3.63) is 18.3 Å². The number of rotatable bonds is 1. The summed E-state index contributed by atoms with van der Waals surface area (Å²) in [5.41, 5.74) is 0. The van der Waals surface area contributed by atoms with Crippen LogP contribution in [0.15, 0.2) is 12.3 Å². The minimum absolute atomic E-state index is 0.252. The summed E-state index contributed by atoms with van der Waals surface area (Å²) in [6.45, 7) is 1.07. The lowest BCUT2D eigenvalue weighted by molar-refractivity contribution is 0.252.